The molecule has 0 aromatic rings. The third-order valence-electron chi connectivity index (χ3n) is 2.93. The van der Waals surface area contributed by atoms with Crippen LogP contribution in [-0.4, -0.2) is 36.6 Å². The zero-order valence-electron chi connectivity index (χ0n) is 9.96. The minimum absolute atomic E-state index is 0.173. The van der Waals surface area contributed by atoms with Gasteiger partial charge in [0, 0.05) is 25.6 Å². The van der Waals surface area contributed by atoms with Crippen molar-refractivity contribution < 1.29 is 18.0 Å². The van der Waals surface area contributed by atoms with Crippen molar-refractivity contribution in [3.63, 3.8) is 0 Å². The van der Waals surface area contributed by atoms with Gasteiger partial charge in [-0.15, -0.1) is 0 Å². The van der Waals surface area contributed by atoms with Crippen molar-refractivity contribution in [2.24, 2.45) is 17.6 Å². The molecule has 1 atom stereocenters. The Kier molecular flexibility index (Phi) is 4.80. The average Bonchev–Trinajstić information content (AvgIpc) is 3.04. The highest BCUT2D eigenvalue weighted by molar-refractivity contribution is 5.78. The van der Waals surface area contributed by atoms with Crippen molar-refractivity contribution in [2.75, 3.05) is 19.6 Å². The molecule has 2 N–H and O–H groups in total. The van der Waals surface area contributed by atoms with Gasteiger partial charge in [-0.2, -0.15) is 13.2 Å². The second-order valence-corrected chi connectivity index (χ2v) is 4.73. The number of halogens is 3. The lowest BCUT2D eigenvalue weighted by atomic mass is 10.1. The Morgan fingerprint density at radius 3 is 2.47 bits per heavy atom. The number of rotatable bonds is 6. The molecule has 1 rings (SSSR count). The van der Waals surface area contributed by atoms with Gasteiger partial charge in [-0.3, -0.25) is 4.79 Å². The molecule has 6 heteroatoms. The number of carbonyl (C=O) groups is 1. The van der Waals surface area contributed by atoms with Crippen LogP contribution in [0.1, 0.15) is 26.2 Å². The van der Waals surface area contributed by atoms with Crippen molar-refractivity contribution in [3.8, 4) is 0 Å². The predicted octanol–water partition coefficient (Wildman–Crippen LogP) is 1.77. The summed E-state index contributed by atoms with van der Waals surface area (Å²) in [6.07, 6.45) is -3.14. The summed E-state index contributed by atoms with van der Waals surface area (Å²) in [6.45, 7) is 2.02. The molecule has 100 valence electrons. The molecule has 1 amide bonds. The summed E-state index contributed by atoms with van der Waals surface area (Å²) in [5.74, 6) is -0.275. The van der Waals surface area contributed by atoms with Gasteiger partial charge in [-0.25, -0.2) is 0 Å². The third kappa shape index (κ3) is 5.39. The first kappa shape index (κ1) is 14.3. The zero-order chi connectivity index (χ0) is 13.1. The second kappa shape index (κ2) is 5.71. The van der Waals surface area contributed by atoms with E-state index in [1.807, 2.05) is 0 Å². The molecule has 0 heterocycles. The van der Waals surface area contributed by atoms with E-state index in [2.05, 4.69) is 0 Å². The highest BCUT2D eigenvalue weighted by Crippen LogP contribution is 2.30. The number of hydrogen-bond acceptors (Lipinski definition) is 2. The fourth-order valence-corrected chi connectivity index (χ4v) is 1.58. The van der Waals surface area contributed by atoms with E-state index in [9.17, 15) is 18.0 Å². The van der Waals surface area contributed by atoms with Gasteiger partial charge in [0.15, 0.2) is 0 Å². The maximum atomic E-state index is 12.2. The van der Waals surface area contributed by atoms with Crippen LogP contribution in [0.3, 0.4) is 0 Å². The lowest BCUT2D eigenvalue weighted by Gasteiger charge is -2.25. The van der Waals surface area contributed by atoms with Crippen LogP contribution >= 0.6 is 0 Å². The standard InChI is InChI=1S/C11H19F3N2O/c1-8(6-15)10(17)16(7-9-2-3-9)5-4-11(12,13)14/h8-9H,2-7,15H2,1H3. The van der Waals surface area contributed by atoms with Gasteiger partial charge < -0.3 is 10.6 Å². The molecular weight excluding hydrogens is 233 g/mol. The van der Waals surface area contributed by atoms with Crippen LogP contribution < -0.4 is 5.73 Å². The Balaban J connectivity index is 2.49. The fraction of sp³-hybridized carbons (Fsp3) is 0.909. The molecule has 0 bridgehead atoms. The van der Waals surface area contributed by atoms with E-state index in [1.165, 1.54) is 4.90 Å². The molecule has 1 unspecified atom stereocenters. The summed E-state index contributed by atoms with van der Waals surface area (Å²) in [7, 11) is 0. The summed E-state index contributed by atoms with van der Waals surface area (Å²) in [4.78, 5) is 13.2. The third-order valence-corrected chi connectivity index (χ3v) is 2.93. The molecule has 1 saturated carbocycles. The highest BCUT2D eigenvalue weighted by atomic mass is 19.4. The number of alkyl halides is 3. The number of amides is 1. The maximum Gasteiger partial charge on any atom is 0.390 e. The molecule has 1 aliphatic carbocycles. The molecule has 1 aliphatic rings. The van der Waals surface area contributed by atoms with Crippen LogP contribution in [0.15, 0.2) is 0 Å². The van der Waals surface area contributed by atoms with Gasteiger partial charge in [0.1, 0.15) is 0 Å². The predicted molar refractivity (Wildman–Crippen MR) is 58.2 cm³/mol. The lowest BCUT2D eigenvalue weighted by molar-refractivity contribution is -0.147. The van der Waals surface area contributed by atoms with E-state index >= 15 is 0 Å². The Morgan fingerprint density at radius 2 is 2.06 bits per heavy atom. The van der Waals surface area contributed by atoms with Gasteiger partial charge >= 0.3 is 6.18 Å². The summed E-state index contributed by atoms with van der Waals surface area (Å²) in [6, 6.07) is 0. The largest absolute Gasteiger partial charge is 0.390 e. The quantitative estimate of drug-likeness (QED) is 0.783. The molecule has 3 nitrogen and oxygen atoms in total. The molecule has 0 aromatic heterocycles. The fourth-order valence-electron chi connectivity index (χ4n) is 1.58. The molecule has 0 radical (unpaired) electrons. The smallest absolute Gasteiger partial charge is 0.342 e. The molecule has 17 heavy (non-hydrogen) atoms. The number of nitrogens with zero attached hydrogens (tertiary/aromatic N) is 1. The molecule has 0 aromatic carbocycles. The normalized spacial score (nSPS) is 17.9. The van der Waals surface area contributed by atoms with Gasteiger partial charge in [-0.1, -0.05) is 6.92 Å². The topological polar surface area (TPSA) is 46.3 Å². The van der Waals surface area contributed by atoms with Crippen molar-refractivity contribution in [3.05, 3.63) is 0 Å². The average molecular weight is 252 g/mol. The molecular formula is C11H19F3N2O. The van der Waals surface area contributed by atoms with Crippen molar-refractivity contribution in [2.45, 2.75) is 32.4 Å². The number of carbonyl (C=O) groups excluding carboxylic acids is 1. The van der Waals surface area contributed by atoms with Crippen molar-refractivity contribution in [1.29, 1.82) is 0 Å². The first-order valence-electron chi connectivity index (χ1n) is 5.89. The summed E-state index contributed by atoms with van der Waals surface area (Å²) in [5, 5.41) is 0. The minimum Gasteiger partial charge on any atom is -0.342 e. The SMILES string of the molecule is CC(CN)C(=O)N(CCC(F)(F)F)CC1CC1. The second-order valence-electron chi connectivity index (χ2n) is 4.73. The maximum absolute atomic E-state index is 12.2. The van der Waals surface area contributed by atoms with Gasteiger partial charge in [0.05, 0.1) is 6.42 Å². The summed E-state index contributed by atoms with van der Waals surface area (Å²) in [5.41, 5.74) is 5.37. The van der Waals surface area contributed by atoms with E-state index in [4.69, 9.17) is 5.73 Å². The Labute approximate surface area is 99.1 Å². The summed E-state index contributed by atoms with van der Waals surface area (Å²) >= 11 is 0. The van der Waals surface area contributed by atoms with E-state index in [-0.39, 0.29) is 19.0 Å². The van der Waals surface area contributed by atoms with Crippen LogP contribution in [0.4, 0.5) is 13.2 Å². The van der Waals surface area contributed by atoms with Gasteiger partial charge in [-0.05, 0) is 18.8 Å². The number of hydrogen-bond donors (Lipinski definition) is 1. The van der Waals surface area contributed by atoms with E-state index in [0.717, 1.165) is 12.8 Å². The van der Waals surface area contributed by atoms with Crippen LogP contribution in [-0.2, 0) is 4.79 Å². The molecule has 0 aliphatic heterocycles. The van der Waals surface area contributed by atoms with Gasteiger partial charge in [0.2, 0.25) is 5.91 Å². The van der Waals surface area contributed by atoms with Crippen LogP contribution in [0.2, 0.25) is 0 Å². The van der Waals surface area contributed by atoms with Crippen LogP contribution in [0.25, 0.3) is 0 Å². The van der Waals surface area contributed by atoms with Crippen LogP contribution in [0.5, 0.6) is 0 Å². The minimum atomic E-state index is -4.21. The molecule has 0 spiro atoms. The van der Waals surface area contributed by atoms with E-state index in [0.29, 0.717) is 12.5 Å². The molecule has 0 saturated heterocycles. The Hall–Kier alpha value is -0.780. The van der Waals surface area contributed by atoms with E-state index < -0.39 is 18.5 Å². The zero-order valence-corrected chi connectivity index (χ0v) is 9.96. The monoisotopic (exact) mass is 252 g/mol. The molecule has 1 fully saturated rings. The lowest BCUT2D eigenvalue weighted by Crippen LogP contribution is -2.41. The highest BCUT2D eigenvalue weighted by Gasteiger charge is 2.32. The first-order valence-corrected chi connectivity index (χ1v) is 5.89. The number of nitrogens with two attached hydrogens (primary N) is 1. The Morgan fingerprint density at radius 1 is 1.47 bits per heavy atom. The Bertz CT molecular complexity index is 264. The van der Waals surface area contributed by atoms with Crippen molar-refractivity contribution >= 4 is 5.91 Å². The first-order chi connectivity index (χ1) is 7.83. The van der Waals surface area contributed by atoms with E-state index in [1.54, 1.807) is 6.92 Å². The van der Waals surface area contributed by atoms with Crippen molar-refractivity contribution in [1.82, 2.24) is 4.90 Å². The van der Waals surface area contributed by atoms with Crippen LogP contribution in [0, 0.1) is 11.8 Å². The summed E-state index contributed by atoms with van der Waals surface area (Å²) < 4.78 is 36.5. The van der Waals surface area contributed by atoms with Gasteiger partial charge in [0.25, 0.3) is 0 Å².